The molecule has 1 N–H and O–H groups in total. The normalized spacial score (nSPS) is 16.0. The summed E-state index contributed by atoms with van der Waals surface area (Å²) in [5.74, 6) is 0.357. The summed E-state index contributed by atoms with van der Waals surface area (Å²) in [6.07, 6.45) is 1.55. The SMILES string of the molecule is CN1CCCC1=NS(=O)(=O)c1ccc(NC(=O)c2cc3ccccc3o2)cc1. The number of nitrogens with zero attached hydrogens (tertiary/aromatic N) is 2. The number of fused-ring (bicyclic) bond motifs is 1. The second-order valence-corrected chi connectivity index (χ2v) is 8.24. The fourth-order valence-electron chi connectivity index (χ4n) is 3.10. The summed E-state index contributed by atoms with van der Waals surface area (Å²) in [4.78, 5) is 14.3. The van der Waals surface area contributed by atoms with Crippen LogP contribution in [0.3, 0.4) is 0 Å². The van der Waals surface area contributed by atoms with Crippen molar-refractivity contribution in [2.24, 2.45) is 4.40 Å². The van der Waals surface area contributed by atoms with E-state index >= 15 is 0 Å². The molecule has 7 nitrogen and oxygen atoms in total. The molecule has 0 saturated carbocycles. The Hall–Kier alpha value is -3.13. The van der Waals surface area contributed by atoms with Gasteiger partial charge in [-0.05, 0) is 42.8 Å². The van der Waals surface area contributed by atoms with Gasteiger partial charge >= 0.3 is 0 Å². The van der Waals surface area contributed by atoms with E-state index in [1.807, 2.05) is 30.1 Å². The first-order valence-electron chi connectivity index (χ1n) is 8.87. The van der Waals surface area contributed by atoms with Crippen LogP contribution < -0.4 is 5.32 Å². The van der Waals surface area contributed by atoms with Crippen LogP contribution in [-0.2, 0) is 10.0 Å². The van der Waals surface area contributed by atoms with Crippen molar-refractivity contribution in [2.45, 2.75) is 17.7 Å². The summed E-state index contributed by atoms with van der Waals surface area (Å²) in [6.45, 7) is 0.807. The zero-order valence-electron chi connectivity index (χ0n) is 15.3. The van der Waals surface area contributed by atoms with Gasteiger partial charge in [-0.25, -0.2) is 0 Å². The largest absolute Gasteiger partial charge is 0.451 e. The number of hydrogen-bond donors (Lipinski definition) is 1. The minimum atomic E-state index is -3.78. The predicted octanol–water partition coefficient (Wildman–Crippen LogP) is 3.50. The van der Waals surface area contributed by atoms with Crippen LogP contribution in [0, 0.1) is 0 Å². The van der Waals surface area contributed by atoms with Crippen molar-refractivity contribution in [2.75, 3.05) is 18.9 Å². The lowest BCUT2D eigenvalue weighted by atomic mass is 10.2. The minimum absolute atomic E-state index is 0.0852. The van der Waals surface area contributed by atoms with Crippen LogP contribution in [0.25, 0.3) is 11.0 Å². The molecule has 0 aliphatic carbocycles. The molecule has 2 heterocycles. The van der Waals surface area contributed by atoms with Crippen molar-refractivity contribution in [3.8, 4) is 0 Å². The first-order chi connectivity index (χ1) is 13.4. The highest BCUT2D eigenvalue weighted by Crippen LogP contribution is 2.22. The van der Waals surface area contributed by atoms with Crippen LogP contribution in [0.4, 0.5) is 5.69 Å². The van der Waals surface area contributed by atoms with Crippen molar-refractivity contribution in [1.82, 2.24) is 4.90 Å². The average molecular weight is 397 g/mol. The number of carbonyl (C=O) groups excluding carboxylic acids is 1. The Kier molecular flexibility index (Phi) is 4.64. The first-order valence-corrected chi connectivity index (χ1v) is 10.3. The Labute approximate surface area is 162 Å². The fraction of sp³-hybridized carbons (Fsp3) is 0.200. The van der Waals surface area contributed by atoms with Crippen LogP contribution in [-0.4, -0.2) is 38.7 Å². The van der Waals surface area contributed by atoms with Crippen LogP contribution >= 0.6 is 0 Å². The summed E-state index contributed by atoms with van der Waals surface area (Å²) in [7, 11) is -1.94. The Morgan fingerprint density at radius 2 is 1.89 bits per heavy atom. The number of amides is 1. The summed E-state index contributed by atoms with van der Waals surface area (Å²) >= 11 is 0. The molecular weight excluding hydrogens is 378 g/mol. The van der Waals surface area contributed by atoms with Crippen molar-refractivity contribution in [1.29, 1.82) is 0 Å². The van der Waals surface area contributed by atoms with Crippen LogP contribution in [0.2, 0.25) is 0 Å². The molecule has 0 unspecified atom stereocenters. The smallest absolute Gasteiger partial charge is 0.291 e. The maximum atomic E-state index is 12.5. The molecule has 4 rings (SSSR count). The molecule has 1 saturated heterocycles. The number of benzene rings is 2. The Balaban J connectivity index is 1.50. The number of para-hydroxylation sites is 1. The number of nitrogens with one attached hydrogen (secondary N) is 1. The number of likely N-dealkylation sites (tertiary alicyclic amines) is 1. The lowest BCUT2D eigenvalue weighted by Gasteiger charge is -2.11. The van der Waals surface area contributed by atoms with E-state index in [9.17, 15) is 13.2 Å². The standard InChI is InChI=1S/C20H19N3O4S/c1-23-12-4-7-19(23)22-28(25,26)16-10-8-15(9-11-16)21-20(24)18-13-14-5-2-3-6-17(14)27-18/h2-3,5-6,8-11,13H,4,7,12H2,1H3,(H,21,24). The highest BCUT2D eigenvalue weighted by Gasteiger charge is 2.20. The van der Waals surface area contributed by atoms with Crippen molar-refractivity contribution in [3.63, 3.8) is 0 Å². The molecule has 1 aromatic heterocycles. The molecule has 8 heteroatoms. The van der Waals surface area contributed by atoms with Gasteiger partial charge in [0.15, 0.2) is 5.76 Å². The van der Waals surface area contributed by atoms with E-state index < -0.39 is 15.9 Å². The third-order valence-electron chi connectivity index (χ3n) is 4.62. The van der Waals surface area contributed by atoms with Gasteiger partial charge in [0.25, 0.3) is 15.9 Å². The lowest BCUT2D eigenvalue weighted by Crippen LogP contribution is -2.20. The molecule has 0 spiro atoms. The molecule has 1 aliphatic rings. The van der Waals surface area contributed by atoms with Gasteiger partial charge in [-0.1, -0.05) is 18.2 Å². The monoisotopic (exact) mass is 397 g/mol. The molecule has 0 radical (unpaired) electrons. The molecule has 2 aromatic carbocycles. The van der Waals surface area contributed by atoms with Crippen LogP contribution in [0.15, 0.2) is 68.3 Å². The van der Waals surface area contributed by atoms with Gasteiger partial charge in [-0.3, -0.25) is 4.79 Å². The van der Waals surface area contributed by atoms with Gasteiger partial charge in [0.05, 0.1) is 4.90 Å². The topological polar surface area (TPSA) is 92.0 Å². The van der Waals surface area contributed by atoms with Gasteiger partial charge in [0.1, 0.15) is 11.4 Å². The van der Waals surface area contributed by atoms with Crippen molar-refractivity contribution >= 4 is 38.4 Å². The van der Waals surface area contributed by atoms with E-state index in [2.05, 4.69) is 9.71 Å². The number of carbonyl (C=O) groups is 1. The molecule has 0 bridgehead atoms. The second kappa shape index (κ2) is 7.12. The summed E-state index contributed by atoms with van der Waals surface area (Å²) in [5, 5.41) is 3.54. The van der Waals surface area contributed by atoms with E-state index in [1.54, 1.807) is 12.1 Å². The number of rotatable bonds is 4. The molecular formula is C20H19N3O4S. The van der Waals surface area contributed by atoms with Crippen LogP contribution in [0.1, 0.15) is 23.4 Å². The molecule has 1 fully saturated rings. The van der Waals surface area contributed by atoms with Crippen molar-refractivity contribution in [3.05, 3.63) is 60.4 Å². The third kappa shape index (κ3) is 3.63. The van der Waals surface area contributed by atoms with Gasteiger partial charge in [-0.2, -0.15) is 8.42 Å². The molecule has 0 atom stereocenters. The Bertz CT molecular complexity index is 1130. The molecule has 28 heavy (non-hydrogen) atoms. The highest BCUT2D eigenvalue weighted by molar-refractivity contribution is 7.90. The Morgan fingerprint density at radius 1 is 1.14 bits per heavy atom. The highest BCUT2D eigenvalue weighted by atomic mass is 32.2. The third-order valence-corrected chi connectivity index (χ3v) is 5.94. The number of anilines is 1. The number of furan rings is 1. The van der Waals surface area contributed by atoms with E-state index in [4.69, 9.17) is 4.42 Å². The zero-order valence-corrected chi connectivity index (χ0v) is 16.1. The summed E-state index contributed by atoms with van der Waals surface area (Å²) < 4.78 is 34.4. The molecule has 3 aromatic rings. The predicted molar refractivity (Wildman–Crippen MR) is 107 cm³/mol. The average Bonchev–Trinajstić information content (AvgIpc) is 3.28. The van der Waals surface area contributed by atoms with E-state index in [0.29, 0.717) is 23.5 Å². The van der Waals surface area contributed by atoms with Gasteiger partial charge < -0.3 is 14.6 Å². The van der Waals surface area contributed by atoms with E-state index in [-0.39, 0.29) is 10.7 Å². The minimum Gasteiger partial charge on any atom is -0.451 e. The quantitative estimate of drug-likeness (QED) is 0.727. The number of sulfonamides is 1. The molecule has 144 valence electrons. The molecule has 1 aliphatic heterocycles. The molecule has 1 amide bonds. The van der Waals surface area contributed by atoms with E-state index in [0.717, 1.165) is 18.4 Å². The van der Waals surface area contributed by atoms with Crippen molar-refractivity contribution < 1.29 is 17.6 Å². The van der Waals surface area contributed by atoms with Gasteiger partial charge in [0.2, 0.25) is 0 Å². The van der Waals surface area contributed by atoms with Gasteiger partial charge in [0, 0.05) is 31.1 Å². The fourth-order valence-corrected chi connectivity index (χ4v) is 4.19. The second-order valence-electron chi connectivity index (χ2n) is 6.63. The number of hydrogen-bond acceptors (Lipinski definition) is 4. The lowest BCUT2D eigenvalue weighted by molar-refractivity contribution is 0.0998. The maximum Gasteiger partial charge on any atom is 0.291 e. The van der Waals surface area contributed by atoms with E-state index in [1.165, 1.54) is 24.3 Å². The maximum absolute atomic E-state index is 12.5. The Morgan fingerprint density at radius 3 is 2.57 bits per heavy atom. The number of amidine groups is 1. The summed E-state index contributed by atoms with van der Waals surface area (Å²) in [6, 6.07) is 14.9. The van der Waals surface area contributed by atoms with Gasteiger partial charge in [-0.15, -0.1) is 4.40 Å². The first kappa shape index (κ1) is 18.2. The zero-order chi connectivity index (χ0) is 19.7. The van der Waals surface area contributed by atoms with Crippen LogP contribution in [0.5, 0.6) is 0 Å². The summed E-state index contributed by atoms with van der Waals surface area (Å²) in [5.41, 5.74) is 1.10.